The fourth-order valence-electron chi connectivity index (χ4n) is 3.54. The number of aryl methyl sites for hydroxylation is 1. The molecular formula is C19H17N3O3. The summed E-state index contributed by atoms with van der Waals surface area (Å²) in [6.07, 6.45) is 2.10. The smallest absolute Gasteiger partial charge is 0.280 e. The molecule has 2 aliphatic rings. The summed E-state index contributed by atoms with van der Waals surface area (Å²) in [5, 5.41) is 0. The summed E-state index contributed by atoms with van der Waals surface area (Å²) < 4.78 is 0. The van der Waals surface area contributed by atoms with Crippen molar-refractivity contribution in [3.05, 3.63) is 65.0 Å². The SMILES string of the molecule is Cc1ccccc1C(=O)N1CCC(N2C(=O)c3cccnc3C2=O)C1. The Hall–Kier alpha value is -3.02. The third-order valence-corrected chi connectivity index (χ3v) is 4.87. The Balaban J connectivity index is 1.54. The van der Waals surface area contributed by atoms with Crippen LogP contribution in [0, 0.1) is 6.92 Å². The summed E-state index contributed by atoms with van der Waals surface area (Å²) in [6.45, 7) is 2.79. The third kappa shape index (κ3) is 2.41. The van der Waals surface area contributed by atoms with E-state index < -0.39 is 0 Å². The fraction of sp³-hybridized carbons (Fsp3) is 0.263. The highest BCUT2D eigenvalue weighted by molar-refractivity contribution is 6.20. The van der Waals surface area contributed by atoms with Gasteiger partial charge < -0.3 is 4.90 Å². The molecule has 1 atom stereocenters. The zero-order valence-electron chi connectivity index (χ0n) is 13.8. The van der Waals surface area contributed by atoms with E-state index in [4.69, 9.17) is 0 Å². The molecule has 1 fully saturated rings. The molecule has 0 aliphatic carbocycles. The van der Waals surface area contributed by atoms with Gasteiger partial charge in [-0.2, -0.15) is 0 Å². The molecule has 25 heavy (non-hydrogen) atoms. The lowest BCUT2D eigenvalue weighted by Crippen LogP contribution is -2.42. The molecule has 0 radical (unpaired) electrons. The number of likely N-dealkylation sites (tertiary alicyclic amines) is 1. The van der Waals surface area contributed by atoms with Gasteiger partial charge in [-0.05, 0) is 37.1 Å². The van der Waals surface area contributed by atoms with Crippen LogP contribution in [0.5, 0.6) is 0 Å². The van der Waals surface area contributed by atoms with E-state index in [1.54, 1.807) is 23.1 Å². The maximum atomic E-state index is 12.7. The molecule has 1 aromatic heterocycles. The van der Waals surface area contributed by atoms with Crippen LogP contribution in [0.15, 0.2) is 42.6 Å². The Kier molecular flexibility index (Phi) is 3.60. The Labute approximate surface area is 145 Å². The van der Waals surface area contributed by atoms with Crippen molar-refractivity contribution in [2.75, 3.05) is 13.1 Å². The number of imide groups is 1. The van der Waals surface area contributed by atoms with Crippen molar-refractivity contribution in [1.82, 2.24) is 14.8 Å². The molecule has 2 aliphatic heterocycles. The third-order valence-electron chi connectivity index (χ3n) is 4.87. The molecule has 1 unspecified atom stereocenters. The highest BCUT2D eigenvalue weighted by atomic mass is 16.2. The van der Waals surface area contributed by atoms with Gasteiger partial charge in [0.2, 0.25) is 0 Å². The van der Waals surface area contributed by atoms with Crippen LogP contribution in [-0.2, 0) is 0 Å². The first-order valence-corrected chi connectivity index (χ1v) is 8.25. The number of benzene rings is 1. The summed E-state index contributed by atoms with van der Waals surface area (Å²) in [6, 6.07) is 10.4. The van der Waals surface area contributed by atoms with Crippen molar-refractivity contribution >= 4 is 17.7 Å². The van der Waals surface area contributed by atoms with Gasteiger partial charge >= 0.3 is 0 Å². The predicted molar refractivity (Wildman–Crippen MR) is 90.2 cm³/mol. The molecule has 0 saturated carbocycles. The summed E-state index contributed by atoms with van der Waals surface area (Å²) in [4.78, 5) is 44.8. The number of hydrogen-bond acceptors (Lipinski definition) is 4. The second kappa shape index (κ2) is 5.81. The van der Waals surface area contributed by atoms with E-state index >= 15 is 0 Å². The van der Waals surface area contributed by atoms with Crippen LogP contribution in [0.25, 0.3) is 0 Å². The van der Waals surface area contributed by atoms with Gasteiger partial charge in [-0.25, -0.2) is 0 Å². The molecule has 2 aromatic rings. The number of fused-ring (bicyclic) bond motifs is 1. The first-order valence-electron chi connectivity index (χ1n) is 8.25. The number of aromatic nitrogens is 1. The first kappa shape index (κ1) is 15.5. The minimum absolute atomic E-state index is 0.0599. The van der Waals surface area contributed by atoms with Gasteiger partial charge in [0.15, 0.2) is 0 Å². The molecule has 126 valence electrons. The standard InChI is InChI=1S/C19H17N3O3/c1-12-5-2-3-6-14(12)17(23)21-10-8-13(11-21)22-18(24)15-7-4-9-20-16(15)19(22)25/h2-7,9,13H,8,10-11H2,1H3. The molecule has 1 aromatic carbocycles. The van der Waals surface area contributed by atoms with Gasteiger partial charge in [0, 0.05) is 24.8 Å². The molecule has 3 amide bonds. The van der Waals surface area contributed by atoms with E-state index in [2.05, 4.69) is 4.98 Å². The lowest BCUT2D eigenvalue weighted by atomic mass is 10.1. The quantitative estimate of drug-likeness (QED) is 0.786. The first-order chi connectivity index (χ1) is 12.1. The number of amides is 3. The molecule has 0 N–H and O–H groups in total. The lowest BCUT2D eigenvalue weighted by molar-refractivity contribution is 0.0573. The normalized spacial score (nSPS) is 19.5. The van der Waals surface area contributed by atoms with E-state index in [0.717, 1.165) is 5.56 Å². The van der Waals surface area contributed by atoms with E-state index in [0.29, 0.717) is 30.6 Å². The summed E-state index contributed by atoms with van der Waals surface area (Å²) in [5.74, 6) is -0.741. The van der Waals surface area contributed by atoms with Crippen LogP contribution >= 0.6 is 0 Å². The predicted octanol–water partition coefficient (Wildman–Crippen LogP) is 1.90. The van der Waals surface area contributed by atoms with Gasteiger partial charge in [0.1, 0.15) is 5.69 Å². The fourth-order valence-corrected chi connectivity index (χ4v) is 3.54. The molecule has 6 nitrogen and oxygen atoms in total. The molecule has 1 saturated heterocycles. The Morgan fingerprint density at radius 3 is 2.68 bits per heavy atom. The van der Waals surface area contributed by atoms with Crippen molar-refractivity contribution in [2.24, 2.45) is 0 Å². The van der Waals surface area contributed by atoms with Crippen molar-refractivity contribution in [3.8, 4) is 0 Å². The molecular weight excluding hydrogens is 318 g/mol. The minimum atomic E-state index is -0.365. The summed E-state index contributed by atoms with van der Waals surface area (Å²) in [7, 11) is 0. The zero-order valence-corrected chi connectivity index (χ0v) is 13.8. The highest BCUT2D eigenvalue weighted by Crippen LogP contribution is 2.27. The number of nitrogens with zero attached hydrogens (tertiary/aromatic N) is 3. The van der Waals surface area contributed by atoms with Gasteiger partial charge in [-0.15, -0.1) is 0 Å². The van der Waals surface area contributed by atoms with Crippen LogP contribution < -0.4 is 0 Å². The van der Waals surface area contributed by atoms with E-state index in [9.17, 15) is 14.4 Å². The number of pyridine rings is 1. The Morgan fingerprint density at radius 1 is 1.12 bits per heavy atom. The van der Waals surface area contributed by atoms with E-state index in [-0.39, 0.29) is 29.5 Å². The molecule has 4 rings (SSSR count). The second-order valence-corrected chi connectivity index (χ2v) is 6.39. The molecule has 6 heteroatoms. The van der Waals surface area contributed by atoms with Crippen LogP contribution in [0.2, 0.25) is 0 Å². The van der Waals surface area contributed by atoms with Gasteiger partial charge in [0.25, 0.3) is 17.7 Å². The molecule has 0 spiro atoms. The number of rotatable bonds is 2. The van der Waals surface area contributed by atoms with Crippen LogP contribution in [-0.4, -0.2) is 51.6 Å². The summed E-state index contributed by atoms with van der Waals surface area (Å²) >= 11 is 0. The highest BCUT2D eigenvalue weighted by Gasteiger charge is 2.43. The van der Waals surface area contributed by atoms with Crippen molar-refractivity contribution in [3.63, 3.8) is 0 Å². The van der Waals surface area contributed by atoms with Crippen molar-refractivity contribution < 1.29 is 14.4 Å². The van der Waals surface area contributed by atoms with Crippen molar-refractivity contribution in [1.29, 1.82) is 0 Å². The average molecular weight is 335 g/mol. The number of carbonyl (C=O) groups is 3. The van der Waals surface area contributed by atoms with E-state index in [1.807, 2.05) is 25.1 Å². The Bertz CT molecular complexity index is 858. The maximum Gasteiger partial charge on any atom is 0.280 e. The van der Waals surface area contributed by atoms with Crippen LogP contribution in [0.1, 0.15) is 43.2 Å². The summed E-state index contributed by atoms with van der Waals surface area (Å²) in [5.41, 5.74) is 2.13. The van der Waals surface area contributed by atoms with Crippen molar-refractivity contribution in [2.45, 2.75) is 19.4 Å². The number of carbonyl (C=O) groups excluding carboxylic acids is 3. The average Bonchev–Trinajstić information content (AvgIpc) is 3.19. The van der Waals surface area contributed by atoms with Gasteiger partial charge in [0.05, 0.1) is 11.6 Å². The van der Waals surface area contributed by atoms with Gasteiger partial charge in [-0.1, -0.05) is 18.2 Å². The molecule has 0 bridgehead atoms. The van der Waals surface area contributed by atoms with E-state index in [1.165, 1.54) is 11.1 Å². The van der Waals surface area contributed by atoms with Crippen LogP contribution in [0.4, 0.5) is 0 Å². The van der Waals surface area contributed by atoms with Gasteiger partial charge in [-0.3, -0.25) is 24.3 Å². The Morgan fingerprint density at radius 2 is 1.92 bits per heavy atom. The minimum Gasteiger partial charge on any atom is -0.336 e. The monoisotopic (exact) mass is 335 g/mol. The second-order valence-electron chi connectivity index (χ2n) is 6.39. The molecule has 3 heterocycles. The largest absolute Gasteiger partial charge is 0.336 e. The number of hydrogen-bond donors (Lipinski definition) is 0. The maximum absolute atomic E-state index is 12.7. The van der Waals surface area contributed by atoms with Crippen LogP contribution in [0.3, 0.4) is 0 Å². The lowest BCUT2D eigenvalue weighted by Gasteiger charge is -2.22. The zero-order chi connectivity index (χ0) is 17.6. The topological polar surface area (TPSA) is 70.6 Å².